The van der Waals surface area contributed by atoms with E-state index >= 15 is 0 Å². The lowest BCUT2D eigenvalue weighted by molar-refractivity contribution is 0.317. The van der Waals surface area contributed by atoms with Gasteiger partial charge in [-0.2, -0.15) is 0 Å². The Balaban J connectivity index is 2.02. The molecular formula is C15H16ClNO2. The summed E-state index contributed by atoms with van der Waals surface area (Å²) in [5.41, 5.74) is 0.794. The first-order valence-corrected chi connectivity index (χ1v) is 6.78. The summed E-state index contributed by atoms with van der Waals surface area (Å²) in [7, 11) is 0. The van der Waals surface area contributed by atoms with E-state index in [1.165, 1.54) is 0 Å². The third kappa shape index (κ3) is 4.14. The Kier molecular flexibility index (Phi) is 5.04. The van der Waals surface area contributed by atoms with Crippen LogP contribution >= 0.6 is 11.6 Å². The maximum Gasteiger partial charge on any atom is 0.219 e. The summed E-state index contributed by atoms with van der Waals surface area (Å²) < 4.78 is 11.2. The van der Waals surface area contributed by atoms with Crippen LogP contribution in [0.25, 0.3) is 0 Å². The molecule has 2 aromatic rings. The van der Waals surface area contributed by atoms with Gasteiger partial charge in [0, 0.05) is 6.07 Å². The topological polar surface area (TPSA) is 31.4 Å². The molecule has 0 bridgehead atoms. The molecule has 0 aliphatic carbocycles. The molecule has 0 unspecified atom stereocenters. The fourth-order valence-corrected chi connectivity index (χ4v) is 1.68. The summed E-state index contributed by atoms with van der Waals surface area (Å²) in [5, 5.41) is 0. The van der Waals surface area contributed by atoms with Crippen molar-refractivity contribution in [3.8, 4) is 17.4 Å². The van der Waals surface area contributed by atoms with Crippen molar-refractivity contribution in [2.75, 3.05) is 6.61 Å². The summed E-state index contributed by atoms with van der Waals surface area (Å²) in [6, 6.07) is 13.0. The van der Waals surface area contributed by atoms with Crippen LogP contribution in [-0.4, -0.2) is 11.6 Å². The molecule has 0 amide bonds. The fraction of sp³-hybridized carbons (Fsp3) is 0.267. The number of alkyl halides is 1. The molecule has 0 fully saturated rings. The van der Waals surface area contributed by atoms with E-state index in [2.05, 4.69) is 11.9 Å². The van der Waals surface area contributed by atoms with Gasteiger partial charge in [-0.05, 0) is 36.8 Å². The highest BCUT2D eigenvalue weighted by molar-refractivity contribution is 6.16. The van der Waals surface area contributed by atoms with E-state index in [-0.39, 0.29) is 0 Å². The Hall–Kier alpha value is -1.74. The highest BCUT2D eigenvalue weighted by Gasteiger charge is 2.01. The molecule has 19 heavy (non-hydrogen) atoms. The average Bonchev–Trinajstić information content (AvgIpc) is 2.47. The summed E-state index contributed by atoms with van der Waals surface area (Å²) in [6.07, 6.45) is 0.993. The van der Waals surface area contributed by atoms with Crippen LogP contribution in [0.2, 0.25) is 0 Å². The Morgan fingerprint density at radius 1 is 1.05 bits per heavy atom. The first-order valence-electron chi connectivity index (χ1n) is 6.24. The monoisotopic (exact) mass is 277 g/mol. The average molecular weight is 278 g/mol. The normalized spacial score (nSPS) is 10.2. The number of benzene rings is 1. The second-order valence-corrected chi connectivity index (χ2v) is 4.29. The molecule has 0 saturated carbocycles. The maximum absolute atomic E-state index is 5.74. The van der Waals surface area contributed by atoms with E-state index in [9.17, 15) is 0 Å². The van der Waals surface area contributed by atoms with Crippen molar-refractivity contribution in [1.82, 2.24) is 4.98 Å². The number of ether oxygens (including phenoxy) is 2. The second kappa shape index (κ2) is 7.00. The van der Waals surface area contributed by atoms with Gasteiger partial charge in [0.2, 0.25) is 5.88 Å². The summed E-state index contributed by atoms with van der Waals surface area (Å²) >= 11 is 5.74. The van der Waals surface area contributed by atoms with Crippen LogP contribution in [0.3, 0.4) is 0 Å². The van der Waals surface area contributed by atoms with Crippen LogP contribution in [0.4, 0.5) is 0 Å². The van der Waals surface area contributed by atoms with E-state index < -0.39 is 0 Å². The molecule has 0 aliphatic rings. The molecule has 0 atom stereocenters. The number of pyridine rings is 1. The van der Waals surface area contributed by atoms with Gasteiger partial charge < -0.3 is 9.47 Å². The Morgan fingerprint density at radius 2 is 1.79 bits per heavy atom. The highest BCUT2D eigenvalue weighted by Crippen LogP contribution is 2.23. The molecule has 0 N–H and O–H groups in total. The number of hydrogen-bond acceptors (Lipinski definition) is 3. The molecule has 0 spiro atoms. The molecule has 1 aromatic carbocycles. The zero-order chi connectivity index (χ0) is 13.5. The Bertz CT molecular complexity index is 514. The lowest BCUT2D eigenvalue weighted by Crippen LogP contribution is -1.95. The molecule has 1 heterocycles. The minimum absolute atomic E-state index is 0.376. The van der Waals surface area contributed by atoms with Crippen LogP contribution in [-0.2, 0) is 5.88 Å². The molecule has 1 aromatic heterocycles. The zero-order valence-electron chi connectivity index (χ0n) is 10.8. The first kappa shape index (κ1) is 13.7. The van der Waals surface area contributed by atoms with Gasteiger partial charge in [0.15, 0.2) is 0 Å². The third-order valence-corrected chi connectivity index (χ3v) is 2.71. The number of hydrogen-bond donors (Lipinski definition) is 0. The van der Waals surface area contributed by atoms with Gasteiger partial charge in [-0.1, -0.05) is 13.0 Å². The number of nitrogens with zero attached hydrogens (tertiary/aromatic N) is 1. The largest absolute Gasteiger partial charge is 0.494 e. The predicted molar refractivity (Wildman–Crippen MR) is 76.1 cm³/mol. The van der Waals surface area contributed by atoms with Crippen molar-refractivity contribution in [2.45, 2.75) is 19.2 Å². The Labute approximate surface area is 118 Å². The SMILES string of the molecule is CCCOc1ccc(Oc2cccc(CCl)n2)cc1. The first-order chi connectivity index (χ1) is 9.31. The van der Waals surface area contributed by atoms with E-state index in [0.717, 1.165) is 30.2 Å². The smallest absolute Gasteiger partial charge is 0.219 e. The van der Waals surface area contributed by atoms with Gasteiger partial charge >= 0.3 is 0 Å². The number of halogens is 1. The van der Waals surface area contributed by atoms with Crippen LogP contribution in [0.5, 0.6) is 17.4 Å². The predicted octanol–water partition coefficient (Wildman–Crippen LogP) is 4.40. The van der Waals surface area contributed by atoms with Gasteiger partial charge in [0.25, 0.3) is 0 Å². The molecule has 4 heteroatoms. The van der Waals surface area contributed by atoms with Gasteiger partial charge in [-0.3, -0.25) is 0 Å². The number of rotatable bonds is 6. The summed E-state index contributed by atoms with van der Waals surface area (Å²) in [5.74, 6) is 2.49. The van der Waals surface area contributed by atoms with Gasteiger partial charge in [0.1, 0.15) is 11.5 Å². The third-order valence-electron chi connectivity index (χ3n) is 2.44. The molecular weight excluding hydrogens is 262 g/mol. The molecule has 0 saturated heterocycles. The number of aromatic nitrogens is 1. The molecule has 0 radical (unpaired) electrons. The lowest BCUT2D eigenvalue weighted by atomic mass is 10.3. The van der Waals surface area contributed by atoms with Gasteiger partial charge in [-0.25, -0.2) is 4.98 Å². The van der Waals surface area contributed by atoms with Crippen molar-refractivity contribution >= 4 is 11.6 Å². The second-order valence-electron chi connectivity index (χ2n) is 4.02. The van der Waals surface area contributed by atoms with E-state index in [0.29, 0.717) is 11.8 Å². The molecule has 100 valence electrons. The van der Waals surface area contributed by atoms with Crippen molar-refractivity contribution in [3.63, 3.8) is 0 Å². The molecule has 0 aliphatic heterocycles. The van der Waals surface area contributed by atoms with E-state index in [1.54, 1.807) is 6.07 Å². The van der Waals surface area contributed by atoms with Gasteiger partial charge in [0.05, 0.1) is 18.2 Å². The van der Waals surface area contributed by atoms with Crippen LogP contribution in [0, 0.1) is 0 Å². The van der Waals surface area contributed by atoms with Crippen molar-refractivity contribution < 1.29 is 9.47 Å². The molecule has 3 nitrogen and oxygen atoms in total. The quantitative estimate of drug-likeness (QED) is 0.733. The summed E-state index contributed by atoms with van der Waals surface area (Å²) in [6.45, 7) is 2.80. The Morgan fingerprint density at radius 3 is 2.47 bits per heavy atom. The van der Waals surface area contributed by atoms with E-state index in [4.69, 9.17) is 21.1 Å². The fourth-order valence-electron chi connectivity index (χ4n) is 1.53. The zero-order valence-corrected chi connectivity index (χ0v) is 11.6. The van der Waals surface area contributed by atoms with Crippen LogP contribution in [0.15, 0.2) is 42.5 Å². The van der Waals surface area contributed by atoms with Crippen molar-refractivity contribution in [3.05, 3.63) is 48.2 Å². The van der Waals surface area contributed by atoms with E-state index in [1.807, 2.05) is 36.4 Å². The molecule has 2 rings (SSSR count). The summed E-state index contributed by atoms with van der Waals surface area (Å²) in [4.78, 5) is 4.27. The highest BCUT2D eigenvalue weighted by atomic mass is 35.5. The minimum Gasteiger partial charge on any atom is -0.494 e. The van der Waals surface area contributed by atoms with Gasteiger partial charge in [-0.15, -0.1) is 11.6 Å². The minimum atomic E-state index is 0.376. The van der Waals surface area contributed by atoms with Crippen molar-refractivity contribution in [1.29, 1.82) is 0 Å². The van der Waals surface area contributed by atoms with Crippen LogP contribution in [0.1, 0.15) is 19.0 Å². The van der Waals surface area contributed by atoms with Crippen LogP contribution < -0.4 is 9.47 Å². The maximum atomic E-state index is 5.74. The van der Waals surface area contributed by atoms with Crippen molar-refractivity contribution in [2.24, 2.45) is 0 Å². The standard InChI is InChI=1S/C15H16ClNO2/c1-2-10-18-13-6-8-14(9-7-13)19-15-5-3-4-12(11-16)17-15/h3-9H,2,10-11H2,1H3. The lowest BCUT2D eigenvalue weighted by Gasteiger charge is -2.07.